The van der Waals surface area contributed by atoms with Crippen LogP contribution in [0.5, 0.6) is 0 Å². The molecule has 0 nitrogen and oxygen atoms in total. The Bertz CT molecular complexity index is 217. The zero-order valence-electron chi connectivity index (χ0n) is 4.99. The molecule has 3 aliphatic rings. The minimum absolute atomic E-state index is 1.15. The summed E-state index contributed by atoms with van der Waals surface area (Å²) in [6, 6.07) is 0. The third-order valence-electron chi connectivity index (χ3n) is 2.06. The van der Waals surface area contributed by atoms with Crippen molar-refractivity contribution in [2.75, 3.05) is 0 Å². The molecule has 0 amide bonds. The summed E-state index contributed by atoms with van der Waals surface area (Å²) in [5.74, 6) is 0. The predicted octanol–water partition coefficient (Wildman–Crippen LogP) is 2.20. The van der Waals surface area contributed by atoms with Crippen LogP contribution in [0.15, 0.2) is 34.9 Å². The lowest BCUT2D eigenvalue weighted by Crippen LogP contribution is -2.00. The van der Waals surface area contributed by atoms with Crippen molar-refractivity contribution in [1.82, 2.24) is 0 Å². The van der Waals surface area contributed by atoms with Gasteiger partial charge in [-0.2, -0.15) is 0 Å². The van der Waals surface area contributed by atoms with Crippen molar-refractivity contribution in [1.29, 1.82) is 0 Å². The number of hydrogen-bond donors (Lipinski definition) is 0. The summed E-state index contributed by atoms with van der Waals surface area (Å²) in [6.07, 6.45) is 3.41. The number of allylic oxidation sites excluding steroid dienone is 5. The highest BCUT2D eigenvalue weighted by molar-refractivity contribution is 5.72. The van der Waals surface area contributed by atoms with E-state index in [4.69, 9.17) is 0 Å². The van der Waals surface area contributed by atoms with Crippen LogP contribution in [0, 0.1) is 0 Å². The highest BCUT2D eigenvalue weighted by Crippen LogP contribution is 2.46. The van der Waals surface area contributed by atoms with Gasteiger partial charge in [0.2, 0.25) is 0 Å². The van der Waals surface area contributed by atoms with Gasteiger partial charge in [-0.25, -0.2) is 0 Å². The third-order valence-corrected chi connectivity index (χ3v) is 2.06. The smallest absolute Gasteiger partial charge is 0.00793 e. The van der Waals surface area contributed by atoms with Gasteiger partial charge in [-0.15, -0.1) is 0 Å². The zero-order valence-corrected chi connectivity index (χ0v) is 4.99. The molecule has 0 aromatic heterocycles. The van der Waals surface area contributed by atoms with E-state index in [-0.39, 0.29) is 0 Å². The fourth-order valence-electron chi connectivity index (χ4n) is 1.47. The molecule has 0 heteroatoms. The van der Waals surface area contributed by atoms with Crippen molar-refractivity contribution < 1.29 is 0 Å². The highest BCUT2D eigenvalue weighted by atomic mass is 14.3. The van der Waals surface area contributed by atoms with Crippen molar-refractivity contribution in [3.63, 3.8) is 0 Å². The molecule has 0 heterocycles. The van der Waals surface area contributed by atoms with Crippen LogP contribution in [-0.4, -0.2) is 0 Å². The molecule has 0 saturated heterocycles. The quantitative estimate of drug-likeness (QED) is 0.442. The second kappa shape index (κ2) is 0.970. The molecule has 0 saturated carbocycles. The van der Waals surface area contributed by atoms with E-state index < -0.39 is 0 Å². The lowest BCUT2D eigenvalue weighted by molar-refractivity contribution is 1.19. The summed E-state index contributed by atoms with van der Waals surface area (Å²) in [4.78, 5) is 0. The topological polar surface area (TPSA) is 0 Å². The first-order chi connectivity index (χ1) is 3.80. The van der Waals surface area contributed by atoms with E-state index in [2.05, 4.69) is 19.6 Å². The molecule has 0 aliphatic heterocycles. The van der Waals surface area contributed by atoms with Crippen LogP contribution in [0.2, 0.25) is 0 Å². The van der Waals surface area contributed by atoms with Gasteiger partial charge in [0.25, 0.3) is 0 Å². The minimum atomic E-state index is 1.15. The van der Waals surface area contributed by atoms with Gasteiger partial charge in [-0.3, -0.25) is 0 Å². The molecule has 2 bridgehead atoms. The number of hydrogen-bond acceptors (Lipinski definition) is 0. The number of rotatable bonds is 0. The maximum atomic E-state index is 3.91. The first-order valence-electron chi connectivity index (χ1n) is 2.90. The van der Waals surface area contributed by atoms with Crippen molar-refractivity contribution in [2.45, 2.75) is 13.3 Å². The van der Waals surface area contributed by atoms with Crippen LogP contribution >= 0.6 is 0 Å². The average Bonchev–Trinajstić information content (AvgIpc) is 2.26. The van der Waals surface area contributed by atoms with Gasteiger partial charge in [0.05, 0.1) is 0 Å². The second-order valence-corrected chi connectivity index (χ2v) is 2.40. The van der Waals surface area contributed by atoms with E-state index in [9.17, 15) is 0 Å². The van der Waals surface area contributed by atoms with E-state index in [0.717, 1.165) is 6.42 Å². The highest BCUT2D eigenvalue weighted by Gasteiger charge is 2.28. The molecule has 0 fully saturated rings. The van der Waals surface area contributed by atoms with E-state index >= 15 is 0 Å². The predicted molar refractivity (Wildman–Crippen MR) is 34.5 cm³/mol. The Balaban J connectivity index is 2.67. The Kier molecular flexibility index (Phi) is 0.501. The fourth-order valence-corrected chi connectivity index (χ4v) is 1.47. The molecule has 40 valence electrons. The molecule has 0 spiro atoms. The zero-order chi connectivity index (χ0) is 5.72. The molecule has 0 aromatic rings. The summed E-state index contributed by atoms with van der Waals surface area (Å²) in [7, 11) is 0. The maximum Gasteiger partial charge on any atom is -0.00793 e. The molecular formula is C8H8. The Morgan fingerprint density at radius 2 is 2.38 bits per heavy atom. The van der Waals surface area contributed by atoms with Crippen molar-refractivity contribution >= 4 is 0 Å². The van der Waals surface area contributed by atoms with Crippen molar-refractivity contribution in [3.8, 4) is 0 Å². The van der Waals surface area contributed by atoms with E-state index in [1.165, 1.54) is 22.3 Å². The first-order valence-corrected chi connectivity index (χ1v) is 2.90. The molecule has 8 heavy (non-hydrogen) atoms. The third kappa shape index (κ3) is 0.227. The summed E-state index contributed by atoms with van der Waals surface area (Å²) in [5.41, 5.74) is 5.68. The SMILES string of the molecule is C=C1C2=CCC1=C2C. The van der Waals surface area contributed by atoms with Gasteiger partial charge in [-0.05, 0) is 35.6 Å². The molecule has 0 aromatic carbocycles. The van der Waals surface area contributed by atoms with Crippen LogP contribution in [0.4, 0.5) is 0 Å². The Hall–Kier alpha value is -0.780. The van der Waals surface area contributed by atoms with Gasteiger partial charge < -0.3 is 0 Å². The van der Waals surface area contributed by atoms with Crippen LogP contribution in [0.1, 0.15) is 13.3 Å². The molecule has 0 atom stereocenters. The second-order valence-electron chi connectivity index (χ2n) is 2.40. The van der Waals surface area contributed by atoms with Gasteiger partial charge >= 0.3 is 0 Å². The molecule has 0 N–H and O–H groups in total. The van der Waals surface area contributed by atoms with Gasteiger partial charge in [0, 0.05) is 0 Å². The Labute approximate surface area is 49.2 Å². The summed E-state index contributed by atoms with van der Waals surface area (Å²) in [6.45, 7) is 6.08. The normalized spacial score (nSPS) is 23.6. The van der Waals surface area contributed by atoms with Crippen molar-refractivity contribution in [3.05, 3.63) is 34.9 Å². The van der Waals surface area contributed by atoms with Crippen LogP contribution < -0.4 is 0 Å². The molecular weight excluding hydrogens is 96.1 g/mol. The van der Waals surface area contributed by atoms with E-state index in [0.29, 0.717) is 0 Å². The van der Waals surface area contributed by atoms with Gasteiger partial charge in [-0.1, -0.05) is 12.7 Å². The molecule has 3 aliphatic carbocycles. The van der Waals surface area contributed by atoms with Crippen LogP contribution in [0.25, 0.3) is 0 Å². The number of fused-ring (bicyclic) bond motifs is 1. The summed E-state index contributed by atoms with van der Waals surface area (Å²) >= 11 is 0. The van der Waals surface area contributed by atoms with E-state index in [1.807, 2.05) is 0 Å². The average molecular weight is 104 g/mol. The van der Waals surface area contributed by atoms with E-state index in [1.54, 1.807) is 0 Å². The minimum Gasteiger partial charge on any atom is -0.0909 e. The van der Waals surface area contributed by atoms with Gasteiger partial charge in [0.15, 0.2) is 0 Å². The lowest BCUT2D eigenvalue weighted by atomic mass is 9.86. The molecule has 3 rings (SSSR count). The van der Waals surface area contributed by atoms with Gasteiger partial charge in [0.1, 0.15) is 0 Å². The van der Waals surface area contributed by atoms with Crippen molar-refractivity contribution in [2.24, 2.45) is 0 Å². The largest absolute Gasteiger partial charge is 0.0909 e. The Morgan fingerprint density at radius 3 is 2.50 bits per heavy atom. The molecule has 0 radical (unpaired) electrons. The Morgan fingerprint density at radius 1 is 1.62 bits per heavy atom. The molecule has 0 unspecified atom stereocenters. The summed E-state index contributed by atoms with van der Waals surface area (Å²) in [5, 5.41) is 0. The standard InChI is InChI=1S/C8H8/c1-5-7-3-4-8(5)6(7)2/h3H,1,4H2,2H3. The first kappa shape index (κ1) is 4.13. The van der Waals surface area contributed by atoms with Crippen LogP contribution in [-0.2, 0) is 0 Å². The fraction of sp³-hybridized carbons (Fsp3) is 0.250. The summed E-state index contributed by atoms with van der Waals surface area (Å²) < 4.78 is 0. The lowest BCUT2D eigenvalue weighted by Gasteiger charge is -2.18. The maximum absolute atomic E-state index is 3.91. The van der Waals surface area contributed by atoms with Crippen LogP contribution in [0.3, 0.4) is 0 Å². The monoisotopic (exact) mass is 104 g/mol.